The Morgan fingerprint density at radius 3 is 2.65 bits per heavy atom. The summed E-state index contributed by atoms with van der Waals surface area (Å²) in [5, 5.41) is 4.25. The first-order valence-electron chi connectivity index (χ1n) is 5.21. The Bertz CT molecular complexity index is 634. The minimum absolute atomic E-state index is 0.262. The van der Waals surface area contributed by atoms with Crippen LogP contribution in [0.2, 0.25) is 0 Å². The lowest BCUT2D eigenvalue weighted by Crippen LogP contribution is -2.07. The number of hydrogen-bond donors (Lipinski definition) is 1. The molecular weight excluding hydrogens is 444 g/mol. The van der Waals surface area contributed by atoms with Crippen molar-refractivity contribution >= 4 is 61.8 Å². The maximum atomic E-state index is 11.7. The number of anilines is 1. The van der Waals surface area contributed by atoms with Crippen LogP contribution in [-0.2, 0) is 0 Å². The first-order valence-corrected chi connectivity index (χ1v) is 7.37. The molecule has 2 rings (SSSR count). The van der Waals surface area contributed by atoms with Gasteiger partial charge in [-0.15, -0.1) is 0 Å². The molecule has 2 aromatic rings. The van der Waals surface area contributed by atoms with Crippen LogP contribution < -0.4 is 10.9 Å². The Morgan fingerprint density at radius 2 is 2.00 bits per heavy atom. The van der Waals surface area contributed by atoms with Gasteiger partial charge in [-0.2, -0.15) is 0 Å². The van der Waals surface area contributed by atoms with E-state index >= 15 is 0 Å². The summed E-state index contributed by atoms with van der Waals surface area (Å²) in [6.07, 6.45) is 0. The van der Waals surface area contributed by atoms with Gasteiger partial charge in [0.2, 0.25) is 0 Å². The van der Waals surface area contributed by atoms with E-state index in [1.165, 1.54) is 0 Å². The summed E-state index contributed by atoms with van der Waals surface area (Å²) in [6.45, 7) is 4.83. The predicted molar refractivity (Wildman–Crippen MR) is 86.8 cm³/mol. The third kappa shape index (κ3) is 2.31. The highest BCUT2D eigenvalue weighted by molar-refractivity contribution is 14.1. The highest BCUT2D eigenvalue weighted by Crippen LogP contribution is 2.29. The summed E-state index contributed by atoms with van der Waals surface area (Å²) in [7, 11) is 0. The molecule has 1 aromatic heterocycles. The number of aryl methyl sites for hydroxylation is 1. The fraction of sp³-hybridized carbons (Fsp3) is 0.250. The molecule has 0 unspecified atom stereocenters. The third-order valence-corrected chi connectivity index (χ3v) is 4.89. The highest BCUT2D eigenvalue weighted by Gasteiger charge is 2.13. The molecule has 0 saturated heterocycles. The van der Waals surface area contributed by atoms with E-state index in [-0.39, 0.29) is 5.63 Å². The van der Waals surface area contributed by atoms with Crippen LogP contribution in [0.4, 0.5) is 5.69 Å². The Hall–Kier alpha value is -0.310. The number of hydrogen-bond acceptors (Lipinski definition) is 3. The normalized spacial score (nSPS) is 10.8. The van der Waals surface area contributed by atoms with Gasteiger partial charge in [0.05, 0.1) is 9.26 Å². The number of nitrogens with one attached hydrogen (secondary N) is 1. The van der Waals surface area contributed by atoms with Gasteiger partial charge in [0.15, 0.2) is 5.58 Å². The van der Waals surface area contributed by atoms with Crippen LogP contribution in [0.1, 0.15) is 12.5 Å². The second-order valence-corrected chi connectivity index (χ2v) is 5.82. The highest BCUT2D eigenvalue weighted by atomic mass is 127. The van der Waals surface area contributed by atoms with Gasteiger partial charge in [0.1, 0.15) is 3.57 Å². The molecule has 0 bridgehead atoms. The van der Waals surface area contributed by atoms with Gasteiger partial charge in [-0.1, -0.05) is 0 Å². The van der Waals surface area contributed by atoms with Crippen molar-refractivity contribution in [2.45, 2.75) is 13.8 Å². The maximum absolute atomic E-state index is 11.7. The largest absolute Gasteiger partial charge is 0.421 e. The minimum Gasteiger partial charge on any atom is -0.421 e. The third-order valence-electron chi connectivity index (χ3n) is 2.57. The molecule has 0 aliphatic heterocycles. The lowest BCUT2D eigenvalue weighted by Gasteiger charge is -2.10. The van der Waals surface area contributed by atoms with Gasteiger partial charge in [-0.05, 0) is 76.7 Å². The van der Waals surface area contributed by atoms with E-state index in [1.54, 1.807) is 0 Å². The van der Waals surface area contributed by atoms with Crippen molar-refractivity contribution in [1.82, 2.24) is 0 Å². The van der Waals surface area contributed by atoms with E-state index in [1.807, 2.05) is 48.6 Å². The molecule has 0 aliphatic carbocycles. The Balaban J connectivity index is 2.83. The number of rotatable bonds is 2. The quantitative estimate of drug-likeness (QED) is 0.555. The van der Waals surface area contributed by atoms with Gasteiger partial charge in [0, 0.05) is 11.9 Å². The monoisotopic (exact) mass is 455 g/mol. The smallest absolute Gasteiger partial charge is 0.350 e. The minimum atomic E-state index is -0.262. The van der Waals surface area contributed by atoms with E-state index in [9.17, 15) is 4.79 Å². The van der Waals surface area contributed by atoms with Crippen LogP contribution in [0.5, 0.6) is 0 Å². The lowest BCUT2D eigenvalue weighted by atomic mass is 10.1. The molecule has 0 amide bonds. The van der Waals surface area contributed by atoms with Gasteiger partial charge >= 0.3 is 5.63 Å². The van der Waals surface area contributed by atoms with Crippen LogP contribution in [0.3, 0.4) is 0 Å². The van der Waals surface area contributed by atoms with E-state index in [2.05, 4.69) is 27.9 Å². The molecule has 1 heterocycles. The first kappa shape index (κ1) is 13.1. The van der Waals surface area contributed by atoms with Crippen molar-refractivity contribution in [3.63, 3.8) is 0 Å². The van der Waals surface area contributed by atoms with Crippen LogP contribution in [-0.4, -0.2) is 6.54 Å². The van der Waals surface area contributed by atoms with E-state index in [0.717, 1.165) is 26.8 Å². The molecule has 0 radical (unpaired) electrons. The molecule has 90 valence electrons. The molecule has 3 nitrogen and oxygen atoms in total. The van der Waals surface area contributed by atoms with Crippen molar-refractivity contribution in [1.29, 1.82) is 0 Å². The van der Waals surface area contributed by atoms with E-state index in [4.69, 9.17) is 4.42 Å². The standard InChI is InChI=1S/C12H11I2NO2/c1-3-15-8-5-4-7-6(2)9(13)12(16)17-11(7)10(8)14/h4-5,15H,3H2,1-2H3. The molecule has 1 aromatic carbocycles. The average molecular weight is 455 g/mol. The topological polar surface area (TPSA) is 42.2 Å². The summed E-state index contributed by atoms with van der Waals surface area (Å²) in [5.74, 6) is 0. The van der Waals surface area contributed by atoms with Gasteiger partial charge in [0.25, 0.3) is 0 Å². The SMILES string of the molecule is CCNc1ccc2c(C)c(I)c(=O)oc2c1I. The van der Waals surface area contributed by atoms with Crippen molar-refractivity contribution in [3.8, 4) is 0 Å². The number of fused-ring (bicyclic) bond motifs is 1. The molecule has 0 aliphatic rings. The van der Waals surface area contributed by atoms with Crippen LogP contribution in [0.15, 0.2) is 21.3 Å². The summed E-state index contributed by atoms with van der Waals surface area (Å²) in [5.41, 5.74) is 2.40. The van der Waals surface area contributed by atoms with Gasteiger partial charge in [-0.3, -0.25) is 0 Å². The van der Waals surface area contributed by atoms with Crippen LogP contribution in [0, 0.1) is 14.1 Å². The molecular formula is C12H11I2NO2. The Labute approximate surface area is 126 Å². The van der Waals surface area contributed by atoms with E-state index in [0.29, 0.717) is 9.15 Å². The zero-order chi connectivity index (χ0) is 12.6. The van der Waals surface area contributed by atoms with Crippen LogP contribution >= 0.6 is 45.2 Å². The van der Waals surface area contributed by atoms with Crippen LogP contribution in [0.25, 0.3) is 11.0 Å². The molecule has 1 N–H and O–H groups in total. The molecule has 0 atom stereocenters. The van der Waals surface area contributed by atoms with Crippen molar-refractivity contribution in [3.05, 3.63) is 35.3 Å². The van der Waals surface area contributed by atoms with Gasteiger partial charge in [-0.25, -0.2) is 4.79 Å². The Kier molecular flexibility index (Phi) is 3.96. The summed E-state index contributed by atoms with van der Waals surface area (Å²) >= 11 is 4.24. The fourth-order valence-corrected chi connectivity index (χ4v) is 2.86. The average Bonchev–Trinajstić information content (AvgIpc) is 2.31. The zero-order valence-electron chi connectivity index (χ0n) is 9.43. The second-order valence-electron chi connectivity index (χ2n) is 3.66. The molecule has 0 spiro atoms. The maximum Gasteiger partial charge on any atom is 0.350 e. The number of benzene rings is 1. The second kappa shape index (κ2) is 5.13. The molecule has 0 saturated carbocycles. The molecule has 17 heavy (non-hydrogen) atoms. The molecule has 5 heteroatoms. The van der Waals surface area contributed by atoms with E-state index < -0.39 is 0 Å². The fourth-order valence-electron chi connectivity index (χ4n) is 1.69. The van der Waals surface area contributed by atoms with Gasteiger partial charge < -0.3 is 9.73 Å². The molecule has 0 fully saturated rings. The lowest BCUT2D eigenvalue weighted by molar-refractivity contribution is 0.553. The summed E-state index contributed by atoms with van der Waals surface area (Å²) in [6, 6.07) is 4.02. The number of halogens is 2. The predicted octanol–water partition coefficient (Wildman–Crippen LogP) is 3.74. The van der Waals surface area contributed by atoms with Crippen molar-refractivity contribution < 1.29 is 4.42 Å². The summed E-state index contributed by atoms with van der Waals surface area (Å²) in [4.78, 5) is 11.7. The van der Waals surface area contributed by atoms with Crippen molar-refractivity contribution in [2.24, 2.45) is 0 Å². The Morgan fingerprint density at radius 1 is 1.29 bits per heavy atom. The van der Waals surface area contributed by atoms with Crippen molar-refractivity contribution in [2.75, 3.05) is 11.9 Å². The zero-order valence-corrected chi connectivity index (χ0v) is 13.7. The first-order chi connectivity index (χ1) is 8.06. The summed E-state index contributed by atoms with van der Waals surface area (Å²) < 4.78 is 6.99.